The summed E-state index contributed by atoms with van der Waals surface area (Å²) in [6.45, 7) is 12.5. The van der Waals surface area contributed by atoms with E-state index in [2.05, 4.69) is 40.4 Å². The first-order chi connectivity index (χ1) is 4.95. The molecule has 0 aromatic heterocycles. The van der Waals surface area contributed by atoms with Gasteiger partial charge in [-0.05, 0) is 34.6 Å². The Morgan fingerprint density at radius 1 is 1.00 bits per heavy atom. The molecule has 2 heteroatoms. The second kappa shape index (κ2) is 4.73. The van der Waals surface area contributed by atoms with Gasteiger partial charge in [-0.3, -0.25) is 0 Å². The van der Waals surface area contributed by atoms with Crippen LogP contribution in [-0.4, -0.2) is 24.7 Å². The Morgan fingerprint density at radius 3 is 1.45 bits per heavy atom. The van der Waals surface area contributed by atoms with Crippen LogP contribution in [0.4, 0.5) is 0 Å². The third-order valence-electron chi connectivity index (χ3n) is 2.07. The highest BCUT2D eigenvalue weighted by Crippen LogP contribution is 1.77. The van der Waals surface area contributed by atoms with Gasteiger partial charge in [0, 0.05) is 0 Å². The first kappa shape index (κ1) is 10.9. The topological polar surface area (TPSA) is 32.1 Å². The maximum absolute atomic E-state index is 4.02. The molecule has 11 heavy (non-hydrogen) atoms. The zero-order chi connectivity index (χ0) is 9.02. The lowest BCUT2D eigenvalue weighted by Gasteiger charge is -2.27. The van der Waals surface area contributed by atoms with Crippen molar-refractivity contribution in [3.05, 3.63) is 0 Å². The van der Waals surface area contributed by atoms with E-state index < -0.39 is 0 Å². The summed E-state index contributed by atoms with van der Waals surface area (Å²) in [6, 6.07) is 2.01. The molecule has 68 valence electrons. The quantitative estimate of drug-likeness (QED) is 0.546. The van der Waals surface area contributed by atoms with Crippen LogP contribution in [0.5, 0.6) is 0 Å². The fourth-order valence-electron chi connectivity index (χ4n) is 1.54. The first-order valence-electron chi connectivity index (χ1n) is 4.63. The van der Waals surface area contributed by atoms with Crippen molar-refractivity contribution in [3.63, 3.8) is 0 Å². The second-order valence-electron chi connectivity index (χ2n) is 4.19. The molecule has 0 amide bonds. The minimum atomic E-state index is 0.565. The minimum absolute atomic E-state index is 0.565. The molecule has 0 fully saturated rings. The fourth-order valence-corrected chi connectivity index (χ4v) is 1.54. The Labute approximate surface area is 70.8 Å². The highest BCUT2D eigenvalue weighted by Gasteiger charge is 2.19. The molecule has 1 atom stereocenters. The average Bonchev–Trinajstić information content (AvgIpc) is 1.81. The summed E-state index contributed by atoms with van der Waals surface area (Å²) in [5.74, 6) is 0. The lowest BCUT2D eigenvalue weighted by atomic mass is 10.2. The van der Waals surface area contributed by atoms with E-state index in [-0.39, 0.29) is 0 Å². The second-order valence-corrected chi connectivity index (χ2v) is 4.19. The normalized spacial score (nSPS) is 15.0. The summed E-state index contributed by atoms with van der Waals surface area (Å²) in [6.07, 6.45) is 0. The van der Waals surface area contributed by atoms with Gasteiger partial charge in [-0.15, -0.1) is 0 Å². The molecule has 4 N–H and O–H groups in total. The molecule has 0 heterocycles. The summed E-state index contributed by atoms with van der Waals surface area (Å²) < 4.78 is 0. The molecule has 0 spiro atoms. The third-order valence-corrected chi connectivity index (χ3v) is 2.07. The van der Waals surface area contributed by atoms with Gasteiger partial charge >= 0.3 is 0 Å². The molecule has 0 saturated carbocycles. The number of hydrogen-bond donors (Lipinski definition) is 2. The van der Waals surface area contributed by atoms with Gasteiger partial charge in [0.2, 0.25) is 0 Å². The molecule has 0 bridgehead atoms. The van der Waals surface area contributed by atoms with Crippen molar-refractivity contribution in [3.8, 4) is 0 Å². The van der Waals surface area contributed by atoms with E-state index in [0.29, 0.717) is 6.04 Å². The van der Waals surface area contributed by atoms with E-state index in [9.17, 15) is 0 Å². The Balaban J connectivity index is 3.90. The summed E-state index contributed by atoms with van der Waals surface area (Å²) in [5.41, 5.74) is 4.02. The molecule has 0 aliphatic rings. The van der Waals surface area contributed by atoms with E-state index in [1.807, 2.05) is 0 Å². The predicted octanol–water partition coefficient (Wildman–Crippen LogP) is -0.681. The van der Waals surface area contributed by atoms with Crippen LogP contribution < -0.4 is 10.6 Å². The van der Waals surface area contributed by atoms with Crippen molar-refractivity contribution in [2.24, 2.45) is 0 Å². The van der Waals surface area contributed by atoms with E-state index in [0.717, 1.165) is 12.1 Å². The van der Waals surface area contributed by atoms with Crippen molar-refractivity contribution in [1.29, 1.82) is 0 Å². The van der Waals surface area contributed by atoms with Crippen LogP contribution in [0.15, 0.2) is 0 Å². The molecule has 0 rings (SSSR count). The zero-order valence-corrected chi connectivity index (χ0v) is 8.65. The van der Waals surface area contributed by atoms with Gasteiger partial charge in [0.05, 0.1) is 12.1 Å². The van der Waals surface area contributed by atoms with Gasteiger partial charge in [0.25, 0.3) is 0 Å². The van der Waals surface area contributed by atoms with Gasteiger partial charge < -0.3 is 10.6 Å². The van der Waals surface area contributed by atoms with Gasteiger partial charge in [0.15, 0.2) is 0 Å². The predicted molar refractivity (Wildman–Crippen MR) is 48.5 cm³/mol. The van der Waals surface area contributed by atoms with Crippen molar-refractivity contribution in [2.45, 2.75) is 52.7 Å². The maximum atomic E-state index is 4.02. The Kier molecular flexibility index (Phi) is 4.69. The van der Waals surface area contributed by atoms with E-state index in [1.165, 1.54) is 6.54 Å². The van der Waals surface area contributed by atoms with E-state index in [4.69, 9.17) is 0 Å². The Morgan fingerprint density at radius 2 is 1.36 bits per heavy atom. The van der Waals surface area contributed by atoms with Crippen molar-refractivity contribution in [1.82, 2.24) is 0 Å². The minimum Gasteiger partial charge on any atom is -0.351 e. The third kappa shape index (κ3) is 4.38. The van der Waals surface area contributed by atoms with Crippen LogP contribution in [0.1, 0.15) is 34.6 Å². The van der Waals surface area contributed by atoms with Gasteiger partial charge in [-0.25, -0.2) is 0 Å². The fraction of sp³-hybridized carbons (Fsp3) is 1.00. The van der Waals surface area contributed by atoms with Crippen LogP contribution in [0.25, 0.3) is 0 Å². The molecular weight excluding hydrogens is 136 g/mol. The van der Waals surface area contributed by atoms with Crippen LogP contribution in [-0.2, 0) is 0 Å². The molecule has 0 aromatic carbocycles. The molecule has 0 aliphatic carbocycles. The number of rotatable bonds is 4. The molecule has 0 aromatic rings. The molecule has 0 saturated heterocycles. The Hall–Kier alpha value is -0.0800. The summed E-state index contributed by atoms with van der Waals surface area (Å²) in [4.78, 5) is 1.66. The SMILES string of the molecule is CC(C)[NH+](C[C@@H](C)[NH3+])C(C)C. The average molecular weight is 160 g/mol. The summed E-state index contributed by atoms with van der Waals surface area (Å²) in [7, 11) is 0. The van der Waals surface area contributed by atoms with Crippen molar-refractivity contribution >= 4 is 0 Å². The summed E-state index contributed by atoms with van der Waals surface area (Å²) in [5, 5.41) is 0. The van der Waals surface area contributed by atoms with E-state index >= 15 is 0 Å². The standard InChI is InChI=1S/C9H22N2/c1-7(2)11(8(3)4)6-9(5)10/h7-9H,6,10H2,1-5H3/p+2/t9-/m1/s1. The monoisotopic (exact) mass is 160 g/mol. The smallest absolute Gasteiger partial charge is 0.131 e. The highest BCUT2D eigenvalue weighted by atomic mass is 15.2. The maximum Gasteiger partial charge on any atom is 0.131 e. The lowest BCUT2D eigenvalue weighted by Crippen LogP contribution is -3.19. The van der Waals surface area contributed by atoms with E-state index in [1.54, 1.807) is 4.90 Å². The van der Waals surface area contributed by atoms with Crippen LogP contribution in [0.3, 0.4) is 0 Å². The lowest BCUT2D eigenvalue weighted by molar-refractivity contribution is -0.949. The molecule has 0 aliphatic heterocycles. The largest absolute Gasteiger partial charge is 0.351 e. The van der Waals surface area contributed by atoms with Gasteiger partial charge in [0.1, 0.15) is 12.6 Å². The van der Waals surface area contributed by atoms with Gasteiger partial charge in [-0.1, -0.05) is 0 Å². The highest BCUT2D eigenvalue weighted by molar-refractivity contribution is 4.45. The molecule has 0 radical (unpaired) electrons. The number of quaternary nitrogens is 2. The Bertz CT molecular complexity index is 89.7. The molecule has 2 nitrogen and oxygen atoms in total. The van der Waals surface area contributed by atoms with Crippen LogP contribution in [0, 0.1) is 0 Å². The zero-order valence-electron chi connectivity index (χ0n) is 8.65. The van der Waals surface area contributed by atoms with Crippen LogP contribution >= 0.6 is 0 Å². The van der Waals surface area contributed by atoms with Crippen molar-refractivity contribution < 1.29 is 10.6 Å². The number of nitrogens with one attached hydrogen (secondary N) is 1. The van der Waals surface area contributed by atoms with Crippen molar-refractivity contribution in [2.75, 3.05) is 6.54 Å². The molecular formula is C9H24N2+2. The summed E-state index contributed by atoms with van der Waals surface area (Å²) >= 11 is 0. The first-order valence-corrected chi connectivity index (χ1v) is 4.63. The van der Waals surface area contributed by atoms with Gasteiger partial charge in [-0.2, -0.15) is 0 Å². The van der Waals surface area contributed by atoms with Crippen LogP contribution in [0.2, 0.25) is 0 Å². The number of hydrogen-bond acceptors (Lipinski definition) is 0. The molecule has 0 unspecified atom stereocenters.